The molecule has 0 aromatic carbocycles. The molecule has 0 atom stereocenters. The molecule has 0 aromatic heterocycles. The minimum Gasteiger partial charge on any atom is -0.616 e. The predicted molar refractivity (Wildman–Crippen MR) is 36.7 cm³/mol. The summed E-state index contributed by atoms with van der Waals surface area (Å²) in [5.74, 6) is 0. The van der Waals surface area contributed by atoms with Crippen LogP contribution in [0, 0.1) is 0 Å². The molecule has 0 radical (unpaired) electrons. The number of amides is 1. The second-order valence-corrected chi connectivity index (χ2v) is 0.953. The first-order valence-electron chi connectivity index (χ1n) is 2.88. The summed E-state index contributed by atoms with van der Waals surface area (Å²) in [6.45, 7) is 4.50. The second kappa shape index (κ2) is 16.5. The van der Waals surface area contributed by atoms with Crippen LogP contribution < -0.4 is 57.1 Å². The molecule has 56 valence electrons. The number of carbonyl (C=O) groups is 1. The molecule has 0 saturated carbocycles. The van der Waals surface area contributed by atoms with Crippen LogP contribution in [-0.2, 0) is 0 Å². The monoisotopic (exact) mass is 172 g/mol. The number of carboxylic acid groups (broad SMARTS) is 1. The van der Waals surface area contributed by atoms with E-state index in [-0.39, 0.29) is 57.9 Å². The largest absolute Gasteiger partial charge is 1.00 e. The summed E-state index contributed by atoms with van der Waals surface area (Å²) in [5, 5.41) is 10.9. The van der Waals surface area contributed by atoms with E-state index < -0.39 is 6.09 Å². The molecule has 3 N–H and O–H groups in total. The van der Waals surface area contributed by atoms with Crippen LogP contribution in [0.3, 0.4) is 0 Å². The van der Waals surface area contributed by atoms with Crippen LogP contribution in [0.5, 0.6) is 0 Å². The van der Waals surface area contributed by atoms with E-state index in [0.717, 1.165) is 0 Å². The fourth-order valence-electron chi connectivity index (χ4n) is 0.160. The summed E-state index contributed by atoms with van der Waals surface area (Å²) in [7, 11) is 0. The number of nitrogens with two attached hydrogens (primary N) is 1. The van der Waals surface area contributed by atoms with Gasteiger partial charge in [-0.15, -0.1) is 6.54 Å². The van der Waals surface area contributed by atoms with Crippen LogP contribution in [0.15, 0.2) is 0 Å². The van der Waals surface area contributed by atoms with Gasteiger partial charge < -0.3 is 16.2 Å². The average molecular weight is 172 g/mol. The average Bonchev–Trinajstić information content (AvgIpc) is 1.88. The Morgan fingerprint density at radius 2 is 2.00 bits per heavy atom. The molecular weight excluding hydrogens is 159 g/mol. The van der Waals surface area contributed by atoms with Crippen molar-refractivity contribution in [2.45, 2.75) is 13.8 Å². The topological polar surface area (TPSA) is 77.4 Å². The SMILES string of the molecule is CC.NCC[N-]C(=O)O.[K+]. The quantitative estimate of drug-likeness (QED) is 0.474. The second-order valence-electron chi connectivity index (χ2n) is 0.953. The van der Waals surface area contributed by atoms with Crippen molar-refractivity contribution < 1.29 is 61.3 Å². The summed E-state index contributed by atoms with van der Waals surface area (Å²) in [5.41, 5.74) is 4.92. The van der Waals surface area contributed by atoms with Crippen molar-refractivity contribution in [2.24, 2.45) is 5.73 Å². The van der Waals surface area contributed by atoms with Gasteiger partial charge in [0, 0.05) is 0 Å². The van der Waals surface area contributed by atoms with Crippen molar-refractivity contribution in [3.8, 4) is 0 Å². The van der Waals surface area contributed by atoms with E-state index in [2.05, 4.69) is 5.32 Å². The van der Waals surface area contributed by atoms with Gasteiger partial charge in [-0.2, -0.15) is 0 Å². The van der Waals surface area contributed by atoms with E-state index in [0.29, 0.717) is 6.54 Å². The van der Waals surface area contributed by atoms with Gasteiger partial charge in [-0.3, -0.25) is 4.79 Å². The van der Waals surface area contributed by atoms with Crippen molar-refractivity contribution in [3.05, 3.63) is 5.32 Å². The maximum atomic E-state index is 9.54. The zero-order valence-electron chi connectivity index (χ0n) is 6.79. The van der Waals surface area contributed by atoms with Crippen molar-refractivity contribution in [1.82, 2.24) is 0 Å². The third kappa shape index (κ3) is 23.2. The van der Waals surface area contributed by atoms with Crippen molar-refractivity contribution in [3.63, 3.8) is 0 Å². The third-order valence-electron chi connectivity index (χ3n) is 0.376. The molecule has 0 unspecified atom stereocenters. The zero-order valence-corrected chi connectivity index (χ0v) is 9.92. The summed E-state index contributed by atoms with van der Waals surface area (Å²) < 4.78 is 0. The Labute approximate surface area is 104 Å². The van der Waals surface area contributed by atoms with Crippen LogP contribution in [0.1, 0.15) is 13.8 Å². The number of hydrogen-bond acceptors (Lipinski definition) is 2. The molecule has 1 amide bonds. The maximum Gasteiger partial charge on any atom is 1.00 e. The molecule has 5 heteroatoms. The van der Waals surface area contributed by atoms with Gasteiger partial charge in [0.2, 0.25) is 6.09 Å². The number of nitrogens with zero attached hydrogens (tertiary/aromatic N) is 1. The van der Waals surface area contributed by atoms with Gasteiger partial charge in [0.1, 0.15) is 0 Å². The fraction of sp³-hybridized carbons (Fsp3) is 0.800. The number of rotatable bonds is 2. The van der Waals surface area contributed by atoms with E-state index in [1.807, 2.05) is 13.8 Å². The Morgan fingerprint density at radius 1 is 1.60 bits per heavy atom. The Morgan fingerprint density at radius 3 is 2.10 bits per heavy atom. The molecule has 0 rings (SSSR count). The molecular formula is C5H13KN2O2. The fourth-order valence-corrected chi connectivity index (χ4v) is 0.160. The van der Waals surface area contributed by atoms with Crippen LogP contribution in [0.4, 0.5) is 4.79 Å². The normalized spacial score (nSPS) is 6.30. The van der Waals surface area contributed by atoms with Crippen LogP contribution in [0.2, 0.25) is 0 Å². The van der Waals surface area contributed by atoms with Crippen molar-refractivity contribution in [1.29, 1.82) is 0 Å². The molecule has 0 heterocycles. The van der Waals surface area contributed by atoms with Gasteiger partial charge in [0.25, 0.3) is 0 Å². The molecule has 4 nitrogen and oxygen atoms in total. The standard InChI is InChI=1S/C3H7N2O2.C2H6.K/c4-1-2-5-3(6)7;1-2;/h1-2,4H2,(H,6,7);1-2H3;/q-1;;+1. The minimum absolute atomic E-state index is 0. The summed E-state index contributed by atoms with van der Waals surface area (Å²) >= 11 is 0. The van der Waals surface area contributed by atoms with E-state index in [9.17, 15) is 4.79 Å². The summed E-state index contributed by atoms with van der Waals surface area (Å²) in [6, 6.07) is 0. The molecule has 0 bridgehead atoms. The van der Waals surface area contributed by atoms with Crippen LogP contribution in [-0.4, -0.2) is 24.3 Å². The Kier molecular flexibility index (Phi) is 28.1. The molecule has 0 saturated heterocycles. The van der Waals surface area contributed by atoms with Crippen molar-refractivity contribution in [2.75, 3.05) is 13.1 Å². The molecule has 0 spiro atoms. The van der Waals surface area contributed by atoms with E-state index >= 15 is 0 Å². The van der Waals surface area contributed by atoms with E-state index in [1.165, 1.54) is 0 Å². The first kappa shape index (κ1) is 17.1. The maximum absolute atomic E-state index is 9.54. The molecule has 0 aliphatic rings. The molecule has 0 aromatic rings. The van der Waals surface area contributed by atoms with E-state index in [1.54, 1.807) is 0 Å². The Balaban J connectivity index is -0.000000149. The van der Waals surface area contributed by atoms with Crippen LogP contribution >= 0.6 is 0 Å². The summed E-state index contributed by atoms with van der Waals surface area (Å²) in [4.78, 5) is 9.54. The smallest absolute Gasteiger partial charge is 0.616 e. The molecule has 10 heavy (non-hydrogen) atoms. The van der Waals surface area contributed by atoms with Crippen LogP contribution in [0.25, 0.3) is 5.32 Å². The zero-order chi connectivity index (χ0) is 7.70. The van der Waals surface area contributed by atoms with Gasteiger partial charge in [-0.05, 0) is 6.54 Å². The first-order valence-corrected chi connectivity index (χ1v) is 2.88. The third-order valence-corrected chi connectivity index (χ3v) is 0.376. The van der Waals surface area contributed by atoms with E-state index in [4.69, 9.17) is 10.8 Å². The summed E-state index contributed by atoms with van der Waals surface area (Å²) in [6.07, 6.45) is -1.15. The minimum atomic E-state index is -1.15. The molecule has 0 fully saturated rings. The van der Waals surface area contributed by atoms with Gasteiger partial charge >= 0.3 is 51.4 Å². The molecule has 0 aliphatic heterocycles. The number of hydrogen-bond donors (Lipinski definition) is 2. The van der Waals surface area contributed by atoms with Gasteiger partial charge in [-0.25, -0.2) is 0 Å². The van der Waals surface area contributed by atoms with Gasteiger partial charge in [0.05, 0.1) is 0 Å². The Hall–Kier alpha value is 0.866. The predicted octanol–water partition coefficient (Wildman–Crippen LogP) is -1.97. The van der Waals surface area contributed by atoms with Crippen molar-refractivity contribution >= 4 is 6.09 Å². The first-order chi connectivity index (χ1) is 4.27. The van der Waals surface area contributed by atoms with Gasteiger partial charge in [0.15, 0.2) is 0 Å². The Bertz CT molecular complexity index is 70.7. The van der Waals surface area contributed by atoms with Gasteiger partial charge in [-0.1, -0.05) is 13.8 Å². The molecule has 0 aliphatic carbocycles.